The molecule has 4 rings (SSSR count). The van der Waals surface area contributed by atoms with Crippen LogP contribution in [0.1, 0.15) is 5.69 Å². The number of rotatable bonds is 6. The highest BCUT2D eigenvalue weighted by Crippen LogP contribution is 2.32. The Kier molecular flexibility index (Phi) is 6.00. The van der Waals surface area contributed by atoms with Crippen LogP contribution >= 0.6 is 11.8 Å². The van der Waals surface area contributed by atoms with Crippen LogP contribution in [0.2, 0.25) is 0 Å². The smallest absolute Gasteiger partial charge is 0.294 e. The number of phenolic OH excluding ortho intramolecular Hbond substituents is 1. The Morgan fingerprint density at radius 2 is 1.81 bits per heavy atom. The molecule has 1 saturated heterocycles. The van der Waals surface area contributed by atoms with Gasteiger partial charge in [-0.1, -0.05) is 0 Å². The maximum absolute atomic E-state index is 12.8. The van der Waals surface area contributed by atoms with E-state index >= 15 is 0 Å². The van der Waals surface area contributed by atoms with Crippen LogP contribution in [0.15, 0.2) is 71.8 Å². The highest BCUT2D eigenvalue weighted by molar-refractivity contribution is 8.18. The van der Waals surface area contributed by atoms with E-state index < -0.39 is 17.1 Å². The quantitative estimate of drug-likeness (QED) is 0.554. The van der Waals surface area contributed by atoms with Crippen LogP contribution in [0.5, 0.6) is 11.5 Å². The van der Waals surface area contributed by atoms with E-state index in [2.05, 4.69) is 5.32 Å². The molecule has 0 saturated carbocycles. The first-order chi connectivity index (χ1) is 15.4. The number of methoxy groups -OCH3 is 1. The Balaban J connectivity index is 1.47. The highest BCUT2D eigenvalue weighted by Gasteiger charge is 2.36. The second-order valence-corrected chi connectivity index (χ2v) is 7.86. The molecule has 3 aromatic rings. The van der Waals surface area contributed by atoms with Gasteiger partial charge in [0, 0.05) is 23.3 Å². The molecule has 1 aliphatic heterocycles. The van der Waals surface area contributed by atoms with E-state index in [4.69, 9.17) is 4.74 Å². The van der Waals surface area contributed by atoms with Gasteiger partial charge in [0.15, 0.2) is 0 Å². The molecule has 0 bridgehead atoms. The van der Waals surface area contributed by atoms with Gasteiger partial charge >= 0.3 is 0 Å². The van der Waals surface area contributed by atoms with E-state index in [9.17, 15) is 19.5 Å². The van der Waals surface area contributed by atoms with Crippen LogP contribution < -0.4 is 10.1 Å². The lowest BCUT2D eigenvalue weighted by molar-refractivity contribution is -0.127. The molecular weight excluding hydrogens is 430 g/mol. The summed E-state index contributed by atoms with van der Waals surface area (Å²) < 4.78 is 6.90. The fourth-order valence-corrected chi connectivity index (χ4v) is 3.97. The topological polar surface area (TPSA) is 101 Å². The lowest BCUT2D eigenvalue weighted by atomic mass is 10.3. The Hall–Kier alpha value is -3.98. The van der Waals surface area contributed by atoms with Gasteiger partial charge in [-0.25, -0.2) is 0 Å². The molecule has 0 radical (unpaired) electrons. The monoisotopic (exact) mass is 449 g/mol. The summed E-state index contributed by atoms with van der Waals surface area (Å²) in [5.41, 5.74) is 2.01. The van der Waals surface area contributed by atoms with Gasteiger partial charge < -0.3 is 19.7 Å². The van der Waals surface area contributed by atoms with Crippen molar-refractivity contribution >= 4 is 40.6 Å². The maximum atomic E-state index is 12.8. The number of nitrogens with one attached hydrogen (secondary N) is 1. The van der Waals surface area contributed by atoms with Crippen LogP contribution in [0.4, 0.5) is 10.5 Å². The van der Waals surface area contributed by atoms with Gasteiger partial charge in [-0.3, -0.25) is 19.3 Å². The fourth-order valence-electron chi connectivity index (χ4n) is 3.15. The molecular formula is C23H19N3O5S. The van der Waals surface area contributed by atoms with Gasteiger partial charge in [0.1, 0.15) is 18.0 Å². The van der Waals surface area contributed by atoms with E-state index in [-0.39, 0.29) is 17.2 Å². The molecule has 0 unspecified atom stereocenters. The van der Waals surface area contributed by atoms with Crippen LogP contribution in [0, 0.1) is 0 Å². The molecule has 1 fully saturated rings. The van der Waals surface area contributed by atoms with Gasteiger partial charge in [-0.05, 0) is 78.5 Å². The summed E-state index contributed by atoms with van der Waals surface area (Å²) >= 11 is 0.788. The molecule has 0 aliphatic carbocycles. The summed E-state index contributed by atoms with van der Waals surface area (Å²) in [5, 5.41) is 11.6. The largest absolute Gasteiger partial charge is 0.508 e. The second kappa shape index (κ2) is 9.03. The van der Waals surface area contributed by atoms with Gasteiger partial charge in [-0.2, -0.15) is 0 Å². The number of nitrogens with zero attached hydrogens (tertiary/aromatic N) is 2. The number of imide groups is 1. The molecule has 8 nitrogen and oxygen atoms in total. The van der Waals surface area contributed by atoms with Crippen LogP contribution in [-0.4, -0.2) is 45.3 Å². The van der Waals surface area contributed by atoms with Crippen molar-refractivity contribution in [2.45, 2.75) is 0 Å². The number of hydrogen-bond donors (Lipinski definition) is 2. The van der Waals surface area contributed by atoms with Crippen LogP contribution in [-0.2, 0) is 9.59 Å². The minimum absolute atomic E-state index is 0.150. The van der Waals surface area contributed by atoms with E-state index in [1.54, 1.807) is 67.8 Å². The summed E-state index contributed by atoms with van der Waals surface area (Å²) in [7, 11) is 1.54. The van der Waals surface area contributed by atoms with Gasteiger partial charge in [0.25, 0.3) is 11.1 Å². The average Bonchev–Trinajstić information content (AvgIpc) is 3.35. The van der Waals surface area contributed by atoms with Crippen molar-refractivity contribution in [3.8, 4) is 17.2 Å². The van der Waals surface area contributed by atoms with E-state index in [1.165, 1.54) is 0 Å². The van der Waals surface area contributed by atoms with Crippen molar-refractivity contribution in [3.63, 3.8) is 0 Å². The molecule has 2 N–H and O–H groups in total. The zero-order chi connectivity index (χ0) is 22.7. The molecule has 0 spiro atoms. The van der Waals surface area contributed by atoms with Crippen LogP contribution in [0.3, 0.4) is 0 Å². The number of amides is 3. The van der Waals surface area contributed by atoms with Gasteiger partial charge in [0.05, 0.1) is 12.0 Å². The average molecular weight is 449 g/mol. The number of benzene rings is 2. The van der Waals surface area contributed by atoms with E-state index in [0.717, 1.165) is 22.3 Å². The highest BCUT2D eigenvalue weighted by atomic mass is 32.2. The Morgan fingerprint density at radius 3 is 2.50 bits per heavy atom. The Morgan fingerprint density at radius 1 is 1.09 bits per heavy atom. The SMILES string of the molecule is COc1ccc(NC(=O)CN2C(=O)S/C(=C/c3cccn3-c3ccc(O)cc3)C2=O)cc1. The number of carbonyl (C=O) groups is 3. The number of thioether (sulfide) groups is 1. The number of aromatic nitrogens is 1. The zero-order valence-electron chi connectivity index (χ0n) is 17.0. The summed E-state index contributed by atoms with van der Waals surface area (Å²) in [4.78, 5) is 38.7. The Bertz CT molecular complexity index is 1200. The summed E-state index contributed by atoms with van der Waals surface area (Å²) in [5.74, 6) is -0.206. The molecule has 9 heteroatoms. The van der Waals surface area contributed by atoms with Crippen molar-refractivity contribution in [1.82, 2.24) is 9.47 Å². The third kappa shape index (κ3) is 4.52. The molecule has 1 aliphatic rings. The Labute approximate surface area is 188 Å². The lowest BCUT2D eigenvalue weighted by Crippen LogP contribution is -2.36. The predicted molar refractivity (Wildman–Crippen MR) is 122 cm³/mol. The normalized spacial score (nSPS) is 14.8. The number of hydrogen-bond acceptors (Lipinski definition) is 6. The number of aromatic hydroxyl groups is 1. The van der Waals surface area contributed by atoms with Crippen molar-refractivity contribution in [2.75, 3.05) is 19.0 Å². The number of ether oxygens (including phenoxy) is 1. The molecule has 2 heterocycles. The van der Waals surface area contributed by atoms with E-state index in [1.807, 2.05) is 16.8 Å². The molecule has 162 valence electrons. The maximum Gasteiger partial charge on any atom is 0.294 e. The fraction of sp³-hybridized carbons (Fsp3) is 0.0870. The lowest BCUT2D eigenvalue weighted by Gasteiger charge is -2.12. The number of anilines is 1. The summed E-state index contributed by atoms with van der Waals surface area (Å²) in [6.45, 7) is -0.382. The third-order valence-electron chi connectivity index (χ3n) is 4.74. The molecule has 32 heavy (non-hydrogen) atoms. The minimum atomic E-state index is -0.525. The summed E-state index contributed by atoms with van der Waals surface area (Å²) in [6, 6.07) is 16.9. The first-order valence-corrected chi connectivity index (χ1v) is 10.4. The minimum Gasteiger partial charge on any atom is -0.508 e. The number of carbonyl (C=O) groups excluding carboxylic acids is 3. The van der Waals surface area contributed by atoms with Crippen LogP contribution in [0.25, 0.3) is 11.8 Å². The molecule has 2 aromatic carbocycles. The van der Waals surface area contributed by atoms with Gasteiger partial charge in [-0.15, -0.1) is 0 Å². The first-order valence-electron chi connectivity index (χ1n) is 9.60. The standard InChI is InChI=1S/C23H19N3O5S/c1-31-19-10-4-15(5-11-19)24-21(28)14-26-22(29)20(32-23(26)30)13-17-3-2-12-25(17)16-6-8-18(27)9-7-16/h2-13,27H,14H2,1H3,(H,24,28)/b20-13+. The summed E-state index contributed by atoms with van der Waals surface area (Å²) in [6.07, 6.45) is 3.42. The molecule has 3 amide bonds. The molecule has 1 aromatic heterocycles. The molecule has 0 atom stereocenters. The van der Waals surface area contributed by atoms with Crippen molar-refractivity contribution in [3.05, 3.63) is 77.5 Å². The van der Waals surface area contributed by atoms with Crippen molar-refractivity contribution < 1.29 is 24.2 Å². The third-order valence-corrected chi connectivity index (χ3v) is 5.64. The van der Waals surface area contributed by atoms with Crippen molar-refractivity contribution in [2.24, 2.45) is 0 Å². The second-order valence-electron chi connectivity index (χ2n) is 6.86. The van der Waals surface area contributed by atoms with Crippen molar-refractivity contribution in [1.29, 1.82) is 0 Å². The first kappa shape index (κ1) is 21.3. The van der Waals surface area contributed by atoms with Gasteiger partial charge in [0.2, 0.25) is 5.91 Å². The predicted octanol–water partition coefficient (Wildman–Crippen LogP) is 3.87. The zero-order valence-corrected chi connectivity index (χ0v) is 17.8. The van der Waals surface area contributed by atoms with E-state index in [0.29, 0.717) is 17.1 Å². The number of phenols is 1.